The number of H-pyrrole nitrogens is 1. The molecule has 1 atom stereocenters. The van der Waals surface area contributed by atoms with Crippen LogP contribution in [0.15, 0.2) is 18.2 Å². The van der Waals surface area contributed by atoms with E-state index in [1.54, 1.807) is 0 Å². The van der Waals surface area contributed by atoms with E-state index < -0.39 is 0 Å². The molecule has 2 aliphatic heterocycles. The molecule has 3 N–H and O–H groups in total. The summed E-state index contributed by atoms with van der Waals surface area (Å²) in [6.45, 7) is 4.85. The number of carbonyl (C=O) groups excluding carboxylic acids is 1. The monoisotopic (exact) mass is 356 g/mol. The molecular formula is C19H24N4O3. The highest BCUT2D eigenvalue weighted by Crippen LogP contribution is 2.28. The molecular weight excluding hydrogens is 332 g/mol. The number of amides is 1. The largest absolute Gasteiger partial charge is 0.489 e. The number of aromatic amines is 1. The standard InChI is InChI=1S/C19H24N4O3/c1-12-4-5-16(17(9-12)26-11-13-3-2-8-25-13)21-19(24)18-14-10-20-7-6-15(14)22-23-18/h4-5,9,13,20H,2-3,6-8,10-11H2,1H3,(H,21,24)(H,22,23). The molecule has 1 saturated heterocycles. The number of aromatic nitrogens is 2. The van der Waals surface area contributed by atoms with Crippen molar-refractivity contribution in [2.45, 2.75) is 38.8 Å². The van der Waals surface area contributed by atoms with Gasteiger partial charge < -0.3 is 20.1 Å². The molecule has 7 heteroatoms. The Bertz CT molecular complexity index is 796. The van der Waals surface area contributed by atoms with Crippen molar-refractivity contribution in [1.82, 2.24) is 15.5 Å². The third-order valence-electron chi connectivity index (χ3n) is 4.86. The summed E-state index contributed by atoms with van der Waals surface area (Å²) < 4.78 is 11.6. The van der Waals surface area contributed by atoms with Crippen molar-refractivity contribution in [2.75, 3.05) is 25.1 Å². The maximum atomic E-state index is 12.7. The number of ether oxygens (including phenoxy) is 2. The maximum Gasteiger partial charge on any atom is 0.276 e. The van der Waals surface area contributed by atoms with Gasteiger partial charge in [0.25, 0.3) is 5.91 Å². The van der Waals surface area contributed by atoms with Crippen LogP contribution < -0.4 is 15.4 Å². The topological polar surface area (TPSA) is 88.3 Å². The van der Waals surface area contributed by atoms with E-state index in [-0.39, 0.29) is 12.0 Å². The van der Waals surface area contributed by atoms with Gasteiger partial charge in [0.1, 0.15) is 12.4 Å². The summed E-state index contributed by atoms with van der Waals surface area (Å²) >= 11 is 0. The zero-order valence-electron chi connectivity index (χ0n) is 14.9. The molecule has 2 aromatic rings. The molecule has 0 aliphatic carbocycles. The van der Waals surface area contributed by atoms with Crippen molar-refractivity contribution < 1.29 is 14.3 Å². The molecule has 0 radical (unpaired) electrons. The molecule has 4 rings (SSSR count). The number of hydrogen-bond acceptors (Lipinski definition) is 5. The summed E-state index contributed by atoms with van der Waals surface area (Å²) in [5.74, 6) is 0.438. The molecule has 1 amide bonds. The van der Waals surface area contributed by atoms with Gasteiger partial charge in [-0.25, -0.2) is 0 Å². The van der Waals surface area contributed by atoms with Gasteiger partial charge in [0.2, 0.25) is 0 Å². The Morgan fingerprint density at radius 2 is 2.38 bits per heavy atom. The fourth-order valence-corrected chi connectivity index (χ4v) is 3.41. The van der Waals surface area contributed by atoms with E-state index >= 15 is 0 Å². The molecule has 0 saturated carbocycles. The van der Waals surface area contributed by atoms with Gasteiger partial charge in [0, 0.05) is 37.4 Å². The van der Waals surface area contributed by atoms with Crippen LogP contribution in [0.1, 0.15) is 40.2 Å². The number of nitrogens with zero attached hydrogens (tertiary/aromatic N) is 1. The van der Waals surface area contributed by atoms with Crippen molar-refractivity contribution in [2.24, 2.45) is 0 Å². The lowest BCUT2D eigenvalue weighted by Crippen LogP contribution is -2.25. The molecule has 0 spiro atoms. The van der Waals surface area contributed by atoms with Gasteiger partial charge in [-0.05, 0) is 37.5 Å². The van der Waals surface area contributed by atoms with Crippen molar-refractivity contribution in [1.29, 1.82) is 0 Å². The Morgan fingerprint density at radius 3 is 3.23 bits per heavy atom. The lowest BCUT2D eigenvalue weighted by Gasteiger charge is -2.16. The second-order valence-corrected chi connectivity index (χ2v) is 6.86. The quantitative estimate of drug-likeness (QED) is 0.764. The first-order valence-corrected chi connectivity index (χ1v) is 9.14. The average molecular weight is 356 g/mol. The van der Waals surface area contributed by atoms with Crippen LogP contribution in [0.4, 0.5) is 5.69 Å². The summed E-state index contributed by atoms with van der Waals surface area (Å²) in [5, 5.41) is 13.4. The fourth-order valence-electron chi connectivity index (χ4n) is 3.41. The highest BCUT2D eigenvalue weighted by atomic mass is 16.5. The Hall–Kier alpha value is -2.38. The zero-order valence-corrected chi connectivity index (χ0v) is 14.9. The van der Waals surface area contributed by atoms with Crippen LogP contribution in [0.5, 0.6) is 5.75 Å². The zero-order chi connectivity index (χ0) is 17.9. The van der Waals surface area contributed by atoms with Crippen molar-refractivity contribution in [3.63, 3.8) is 0 Å². The molecule has 1 aromatic carbocycles. The predicted molar refractivity (Wildman–Crippen MR) is 97.6 cm³/mol. The second kappa shape index (κ2) is 7.47. The van der Waals surface area contributed by atoms with Crippen molar-refractivity contribution in [3.8, 4) is 5.75 Å². The highest BCUT2D eigenvalue weighted by Gasteiger charge is 2.23. The van der Waals surface area contributed by atoms with Crippen LogP contribution in [0.2, 0.25) is 0 Å². The molecule has 3 heterocycles. The number of anilines is 1. The van der Waals surface area contributed by atoms with Gasteiger partial charge in [0.05, 0.1) is 11.8 Å². The Balaban J connectivity index is 1.50. The van der Waals surface area contributed by atoms with Crippen LogP contribution in [-0.2, 0) is 17.7 Å². The van der Waals surface area contributed by atoms with Gasteiger partial charge in [-0.1, -0.05) is 6.07 Å². The van der Waals surface area contributed by atoms with Gasteiger partial charge in [-0.15, -0.1) is 0 Å². The Kier molecular flexibility index (Phi) is 4.90. The number of hydrogen-bond donors (Lipinski definition) is 3. The number of aryl methyl sites for hydroxylation is 1. The van der Waals surface area contributed by atoms with E-state index in [0.29, 0.717) is 30.3 Å². The van der Waals surface area contributed by atoms with Crippen LogP contribution in [0, 0.1) is 6.92 Å². The van der Waals surface area contributed by atoms with E-state index in [2.05, 4.69) is 20.8 Å². The number of carbonyl (C=O) groups is 1. The molecule has 26 heavy (non-hydrogen) atoms. The summed E-state index contributed by atoms with van der Waals surface area (Å²) in [6.07, 6.45) is 3.07. The van der Waals surface area contributed by atoms with Crippen LogP contribution >= 0.6 is 0 Å². The normalized spacial score (nSPS) is 19.2. The first-order chi connectivity index (χ1) is 12.7. The van der Waals surface area contributed by atoms with E-state index in [9.17, 15) is 4.79 Å². The van der Waals surface area contributed by atoms with Crippen LogP contribution in [-0.4, -0.2) is 42.0 Å². The van der Waals surface area contributed by atoms with Gasteiger partial charge in [-0.2, -0.15) is 5.10 Å². The van der Waals surface area contributed by atoms with Gasteiger partial charge in [-0.3, -0.25) is 9.89 Å². The Labute approximate surface area is 152 Å². The number of benzene rings is 1. The van der Waals surface area contributed by atoms with E-state index in [1.807, 2.05) is 25.1 Å². The van der Waals surface area contributed by atoms with E-state index in [4.69, 9.17) is 9.47 Å². The summed E-state index contributed by atoms with van der Waals surface area (Å²) in [7, 11) is 0. The molecule has 1 fully saturated rings. The maximum absolute atomic E-state index is 12.7. The predicted octanol–water partition coefficient (Wildman–Crippen LogP) is 2.17. The van der Waals surface area contributed by atoms with Gasteiger partial charge in [0.15, 0.2) is 5.69 Å². The molecule has 0 bridgehead atoms. The van der Waals surface area contributed by atoms with E-state index in [0.717, 1.165) is 49.2 Å². The first-order valence-electron chi connectivity index (χ1n) is 9.14. The van der Waals surface area contributed by atoms with Gasteiger partial charge >= 0.3 is 0 Å². The lowest BCUT2D eigenvalue weighted by molar-refractivity contribution is 0.0681. The second-order valence-electron chi connectivity index (χ2n) is 6.86. The van der Waals surface area contributed by atoms with Crippen LogP contribution in [0.25, 0.3) is 0 Å². The molecule has 1 aromatic heterocycles. The summed E-state index contributed by atoms with van der Waals surface area (Å²) in [6, 6.07) is 5.76. The Morgan fingerprint density at radius 1 is 1.46 bits per heavy atom. The summed E-state index contributed by atoms with van der Waals surface area (Å²) in [4.78, 5) is 12.7. The minimum Gasteiger partial charge on any atom is -0.489 e. The molecule has 138 valence electrons. The number of rotatable bonds is 5. The lowest BCUT2D eigenvalue weighted by atomic mass is 10.1. The average Bonchev–Trinajstić information content (AvgIpc) is 3.31. The third-order valence-corrected chi connectivity index (χ3v) is 4.86. The van der Waals surface area contributed by atoms with Crippen molar-refractivity contribution in [3.05, 3.63) is 40.7 Å². The fraction of sp³-hybridized carbons (Fsp3) is 0.474. The number of fused-ring (bicyclic) bond motifs is 1. The minimum atomic E-state index is -0.225. The summed E-state index contributed by atoms with van der Waals surface area (Å²) in [5.41, 5.74) is 4.15. The molecule has 2 aliphatic rings. The minimum absolute atomic E-state index is 0.128. The number of nitrogens with one attached hydrogen (secondary N) is 3. The first kappa shape index (κ1) is 17.1. The van der Waals surface area contributed by atoms with Crippen molar-refractivity contribution >= 4 is 11.6 Å². The SMILES string of the molecule is Cc1ccc(NC(=O)c2n[nH]c3c2CNCC3)c(OCC2CCCO2)c1. The third kappa shape index (κ3) is 3.59. The molecule has 1 unspecified atom stereocenters. The highest BCUT2D eigenvalue weighted by molar-refractivity contribution is 6.04. The smallest absolute Gasteiger partial charge is 0.276 e. The molecule has 7 nitrogen and oxygen atoms in total. The van der Waals surface area contributed by atoms with Crippen LogP contribution in [0.3, 0.4) is 0 Å². The van der Waals surface area contributed by atoms with E-state index in [1.165, 1.54) is 0 Å².